The number of aliphatic hydroxyl groups is 1. The van der Waals surface area contributed by atoms with Crippen molar-refractivity contribution in [3.05, 3.63) is 22.9 Å². The van der Waals surface area contributed by atoms with E-state index in [9.17, 15) is 5.11 Å². The van der Waals surface area contributed by atoms with Crippen molar-refractivity contribution in [2.75, 3.05) is 17.9 Å². The van der Waals surface area contributed by atoms with Crippen LogP contribution < -0.4 is 4.90 Å². The molecule has 1 aliphatic heterocycles. The van der Waals surface area contributed by atoms with E-state index in [4.69, 9.17) is 12.3 Å². The van der Waals surface area contributed by atoms with Crippen molar-refractivity contribution in [2.45, 2.75) is 18.8 Å². The van der Waals surface area contributed by atoms with Gasteiger partial charge in [0.25, 0.3) is 0 Å². The van der Waals surface area contributed by atoms with Gasteiger partial charge in [-0.3, -0.25) is 0 Å². The van der Waals surface area contributed by atoms with E-state index in [1.54, 1.807) is 0 Å². The Bertz CT molecular complexity index is 607. The van der Waals surface area contributed by atoms with Gasteiger partial charge in [-0.1, -0.05) is 0 Å². The second-order valence-corrected chi connectivity index (χ2v) is 3.31. The zero-order valence-corrected chi connectivity index (χ0v) is 8.54. The summed E-state index contributed by atoms with van der Waals surface area (Å²) in [6.45, 7) is -6.45. The van der Waals surface area contributed by atoms with Gasteiger partial charge < -0.3 is 10.0 Å². The average Bonchev–Trinajstić information content (AvgIpc) is 2.36. The van der Waals surface area contributed by atoms with Crippen LogP contribution in [-0.4, -0.2) is 29.2 Å². The number of piperidine rings is 1. The van der Waals surface area contributed by atoms with E-state index in [2.05, 4.69) is 20.9 Å². The molecule has 1 aliphatic rings. The van der Waals surface area contributed by atoms with Crippen LogP contribution >= 0.6 is 15.9 Å². The van der Waals surface area contributed by atoms with E-state index in [1.165, 1.54) is 18.3 Å². The molecule has 2 rings (SSSR count). The Hall–Kier alpha value is -0.610. The van der Waals surface area contributed by atoms with E-state index < -0.39 is 31.8 Å². The fraction of sp³-hybridized carbons (Fsp3) is 0.500. The summed E-state index contributed by atoms with van der Waals surface area (Å²) in [6, 6.07) is 2.37. The largest absolute Gasteiger partial charge is 0.393 e. The molecule has 0 amide bonds. The molecule has 1 aromatic rings. The van der Waals surface area contributed by atoms with E-state index >= 15 is 0 Å². The number of halogens is 1. The van der Waals surface area contributed by atoms with Gasteiger partial charge in [0.1, 0.15) is 4.60 Å². The Morgan fingerprint density at radius 1 is 1.64 bits per heavy atom. The third-order valence-corrected chi connectivity index (χ3v) is 1.97. The molecule has 0 atom stereocenters. The van der Waals surface area contributed by atoms with E-state index in [0.29, 0.717) is 0 Å². The third kappa shape index (κ3) is 2.25. The summed E-state index contributed by atoms with van der Waals surface area (Å²) in [6.07, 6.45) is -9.33. The van der Waals surface area contributed by atoms with Crippen molar-refractivity contribution in [1.29, 1.82) is 0 Å². The quantitative estimate of drug-likeness (QED) is 0.787. The highest BCUT2D eigenvalue weighted by Crippen LogP contribution is 2.21. The molecule has 0 radical (unpaired) electrons. The van der Waals surface area contributed by atoms with Crippen molar-refractivity contribution >= 4 is 21.6 Å². The van der Waals surface area contributed by atoms with Crippen LogP contribution in [0.1, 0.15) is 25.1 Å². The van der Waals surface area contributed by atoms with E-state index in [0.717, 1.165) is 0 Å². The topological polar surface area (TPSA) is 36.4 Å². The molecule has 0 saturated carbocycles. The summed E-state index contributed by atoms with van der Waals surface area (Å²) in [5, 5.41) is 10.0. The summed E-state index contributed by atoms with van der Waals surface area (Å²) in [5.41, 5.74) is -0.190. The molecular weight excluding hydrogens is 244 g/mol. The molecule has 0 spiro atoms. The summed E-state index contributed by atoms with van der Waals surface area (Å²) in [5.74, 6) is 0. The van der Waals surface area contributed by atoms with Crippen molar-refractivity contribution in [3.63, 3.8) is 0 Å². The number of anilines is 1. The normalized spacial score (nSPS) is 44.7. The number of aromatic nitrogens is 1. The number of hydrogen-bond donors (Lipinski definition) is 1. The first-order chi connectivity index (χ1) is 10.1. The van der Waals surface area contributed by atoms with Gasteiger partial charge in [0, 0.05) is 35.8 Å². The maximum atomic E-state index is 10.0. The lowest BCUT2D eigenvalue weighted by Gasteiger charge is -2.31. The molecule has 0 unspecified atom stereocenters. The molecular formula is C10H13BrN2O. The van der Waals surface area contributed by atoms with Crippen LogP contribution in [0.25, 0.3) is 0 Å². The fourth-order valence-corrected chi connectivity index (χ4v) is 1.29. The van der Waals surface area contributed by atoms with Gasteiger partial charge in [0.15, 0.2) is 0 Å². The van der Waals surface area contributed by atoms with Crippen molar-refractivity contribution < 1.29 is 17.4 Å². The van der Waals surface area contributed by atoms with Gasteiger partial charge in [-0.25, -0.2) is 4.98 Å². The molecule has 0 bridgehead atoms. The van der Waals surface area contributed by atoms with Crippen LogP contribution in [0, 0.1) is 0 Å². The molecule has 1 aromatic heterocycles. The minimum Gasteiger partial charge on any atom is -0.393 e. The molecule has 14 heavy (non-hydrogen) atoms. The third-order valence-electron chi connectivity index (χ3n) is 1.54. The van der Waals surface area contributed by atoms with E-state index in [1.807, 2.05) is 0 Å². The monoisotopic (exact) mass is 265 g/mol. The lowest BCUT2D eigenvalue weighted by Crippen LogP contribution is -2.35. The van der Waals surface area contributed by atoms with Crippen LogP contribution in [0.5, 0.6) is 0 Å². The van der Waals surface area contributed by atoms with Gasteiger partial charge in [-0.2, -0.15) is 0 Å². The molecule has 4 heteroatoms. The second-order valence-electron chi connectivity index (χ2n) is 2.49. The Morgan fingerprint density at radius 2 is 2.36 bits per heavy atom. The van der Waals surface area contributed by atoms with E-state index in [-0.39, 0.29) is 15.2 Å². The van der Waals surface area contributed by atoms with Crippen LogP contribution in [0.4, 0.5) is 5.69 Å². The highest BCUT2D eigenvalue weighted by molar-refractivity contribution is 9.10. The summed E-state index contributed by atoms with van der Waals surface area (Å²) >= 11 is 3.03. The van der Waals surface area contributed by atoms with Crippen LogP contribution in [0.3, 0.4) is 0 Å². The molecule has 0 aliphatic carbocycles. The Kier molecular flexibility index (Phi) is 1.15. The number of nitrogens with zero attached hydrogens (tertiary/aromatic N) is 2. The molecule has 76 valence electrons. The zero-order valence-electron chi connectivity index (χ0n) is 16.0. The first kappa shape index (κ1) is 3.76. The van der Waals surface area contributed by atoms with Gasteiger partial charge in [-0.05, 0) is 40.8 Å². The summed E-state index contributed by atoms with van der Waals surface area (Å²) in [7, 11) is 0. The molecule has 1 N–H and O–H groups in total. The Morgan fingerprint density at radius 3 is 3.00 bits per heavy atom. The predicted molar refractivity (Wildman–Crippen MR) is 59.4 cm³/mol. The maximum Gasteiger partial charge on any atom is 0.108 e. The first-order valence-electron chi connectivity index (χ1n) is 8.26. The van der Waals surface area contributed by atoms with Crippen molar-refractivity contribution in [1.82, 2.24) is 4.98 Å². The maximum absolute atomic E-state index is 10.0. The minimum atomic E-state index is -3.66. The SMILES string of the molecule is [2H]C1([2H])N(c2ccnc(Br)c2)C([2H])([2H])C([2H])([2H])C([2H])(O)C1([2H])[2H]. The summed E-state index contributed by atoms with van der Waals surface area (Å²) < 4.78 is 70.8. The Balaban J connectivity index is 2.80. The fourth-order valence-electron chi connectivity index (χ4n) is 0.937. The van der Waals surface area contributed by atoms with Gasteiger partial charge in [0.05, 0.1) is 7.45 Å². The molecule has 2 heterocycles. The van der Waals surface area contributed by atoms with Crippen LogP contribution in [-0.2, 0) is 0 Å². The zero-order chi connectivity index (χ0) is 18.1. The molecule has 1 fully saturated rings. The van der Waals surface area contributed by atoms with Crippen LogP contribution in [0.15, 0.2) is 22.9 Å². The lowest BCUT2D eigenvalue weighted by molar-refractivity contribution is 0.145. The highest BCUT2D eigenvalue weighted by Gasteiger charge is 2.17. The predicted octanol–water partition coefficient (Wildman–Crippen LogP) is 1.81. The second kappa shape index (κ2) is 4.28. The van der Waals surface area contributed by atoms with Crippen LogP contribution in [0.2, 0.25) is 0 Å². The average molecular weight is 266 g/mol. The first-order valence-corrected chi connectivity index (χ1v) is 4.56. The standard InChI is InChI=1S/C10H13BrN2O/c11-10-7-8(1-4-12-10)13-5-2-9(14)3-6-13/h1,4,7,9,14H,2-3,5-6H2/i2D2,3D2,5D2,6D2,9D. The summed E-state index contributed by atoms with van der Waals surface area (Å²) in [4.78, 5) is 4.06. The minimum absolute atomic E-state index is 0.190. The molecule has 3 nitrogen and oxygen atoms in total. The van der Waals surface area contributed by atoms with Crippen molar-refractivity contribution in [3.8, 4) is 0 Å². The van der Waals surface area contributed by atoms with Gasteiger partial charge in [-0.15, -0.1) is 0 Å². The number of rotatable bonds is 1. The number of hydrogen-bond acceptors (Lipinski definition) is 3. The highest BCUT2D eigenvalue weighted by atomic mass is 79.9. The lowest BCUT2D eigenvalue weighted by atomic mass is 10.1. The molecule has 0 aromatic carbocycles. The van der Waals surface area contributed by atoms with Crippen molar-refractivity contribution in [2.24, 2.45) is 0 Å². The smallest absolute Gasteiger partial charge is 0.108 e. The Labute approximate surface area is 105 Å². The van der Waals surface area contributed by atoms with Gasteiger partial charge in [0.2, 0.25) is 0 Å². The number of pyridine rings is 1. The van der Waals surface area contributed by atoms with Gasteiger partial charge >= 0.3 is 0 Å². The molecule has 1 saturated heterocycles.